The van der Waals surface area contributed by atoms with E-state index in [1.807, 2.05) is 40.7 Å². The fraction of sp³-hybridized carbons (Fsp3) is 0.708. The van der Waals surface area contributed by atoms with Gasteiger partial charge in [0.25, 0.3) is 0 Å². The van der Waals surface area contributed by atoms with E-state index in [-0.39, 0.29) is 30.3 Å². The van der Waals surface area contributed by atoms with Crippen LogP contribution in [0, 0.1) is 0 Å². The minimum Gasteiger partial charge on any atom is -0.449 e. The van der Waals surface area contributed by atoms with Gasteiger partial charge in [-0.05, 0) is 51.8 Å². The van der Waals surface area contributed by atoms with Gasteiger partial charge in [-0.25, -0.2) is 9.78 Å². The second-order valence-electron chi connectivity index (χ2n) is 10.2. The number of piperazine rings is 1. The SMILES string of the molecule is CCCCOC(=O)N1CC(COC)N(C(C)=O)C(c2cc(Cl)nc(B3OC(C)(C)C(C)(C)O3)c2)C1. The minimum atomic E-state index is -0.711. The molecule has 3 rings (SSSR count). The van der Waals surface area contributed by atoms with Crippen LogP contribution in [0.5, 0.6) is 0 Å². The number of amides is 2. The molecule has 0 spiro atoms. The molecule has 9 nitrogen and oxygen atoms in total. The summed E-state index contributed by atoms with van der Waals surface area (Å²) in [6.07, 6.45) is 1.32. The van der Waals surface area contributed by atoms with Crippen molar-refractivity contribution in [2.45, 2.75) is 77.7 Å². The minimum absolute atomic E-state index is 0.124. The Morgan fingerprint density at radius 3 is 2.43 bits per heavy atom. The normalized spacial score (nSPS) is 23.5. The number of halogens is 1. The molecule has 194 valence electrons. The molecule has 2 amide bonds. The quantitative estimate of drug-likeness (QED) is 0.317. The van der Waals surface area contributed by atoms with Crippen LogP contribution in [0.2, 0.25) is 5.15 Å². The van der Waals surface area contributed by atoms with Crippen molar-refractivity contribution in [3.63, 3.8) is 0 Å². The van der Waals surface area contributed by atoms with Crippen molar-refractivity contribution in [2.24, 2.45) is 0 Å². The first-order valence-corrected chi connectivity index (χ1v) is 12.5. The standard InChI is InChI=1S/C24H37BClN3O6/c1-8-9-10-33-22(31)28-13-18(15-32-7)29(16(2)30)19(14-28)17-11-20(27-21(26)12-17)25-34-23(3,4)24(5,6)35-25/h11-12,18-19H,8-10,13-15H2,1-7H3. The fourth-order valence-corrected chi connectivity index (χ4v) is 4.62. The number of ether oxygens (including phenoxy) is 2. The van der Waals surface area contributed by atoms with Gasteiger partial charge in [0.05, 0.1) is 42.1 Å². The predicted octanol–water partition coefficient (Wildman–Crippen LogP) is 3.19. The smallest absolute Gasteiger partial charge is 0.449 e. The van der Waals surface area contributed by atoms with Gasteiger partial charge < -0.3 is 28.6 Å². The number of pyridine rings is 1. The van der Waals surface area contributed by atoms with Gasteiger partial charge in [0, 0.05) is 27.1 Å². The van der Waals surface area contributed by atoms with E-state index in [4.69, 9.17) is 30.4 Å². The van der Waals surface area contributed by atoms with Crippen molar-refractivity contribution in [2.75, 3.05) is 33.4 Å². The van der Waals surface area contributed by atoms with Crippen LogP contribution < -0.4 is 5.59 Å². The van der Waals surface area contributed by atoms with Crippen molar-refractivity contribution < 1.29 is 28.4 Å². The van der Waals surface area contributed by atoms with E-state index in [1.54, 1.807) is 23.0 Å². The molecule has 2 unspecified atom stereocenters. The number of rotatable bonds is 7. The van der Waals surface area contributed by atoms with Crippen LogP contribution in [-0.2, 0) is 23.6 Å². The second kappa shape index (κ2) is 11.0. The highest BCUT2D eigenvalue weighted by Gasteiger charge is 2.52. The van der Waals surface area contributed by atoms with Gasteiger partial charge in [-0.15, -0.1) is 0 Å². The van der Waals surface area contributed by atoms with Gasteiger partial charge >= 0.3 is 13.2 Å². The monoisotopic (exact) mass is 509 g/mol. The molecule has 0 aliphatic carbocycles. The molecule has 2 atom stereocenters. The zero-order chi connectivity index (χ0) is 26.0. The molecule has 1 aromatic heterocycles. The molecule has 2 fully saturated rings. The molecule has 2 saturated heterocycles. The number of hydrogen-bond acceptors (Lipinski definition) is 7. The Morgan fingerprint density at radius 1 is 1.20 bits per heavy atom. The van der Waals surface area contributed by atoms with Crippen molar-refractivity contribution in [3.8, 4) is 0 Å². The van der Waals surface area contributed by atoms with Crippen LogP contribution in [0.4, 0.5) is 4.79 Å². The number of hydrogen-bond donors (Lipinski definition) is 0. The molecule has 0 saturated carbocycles. The Hall–Kier alpha value is -1.88. The molecule has 0 bridgehead atoms. The lowest BCUT2D eigenvalue weighted by molar-refractivity contribution is -0.139. The molecular formula is C24H37BClN3O6. The Morgan fingerprint density at radius 2 is 1.86 bits per heavy atom. The first kappa shape index (κ1) is 27.7. The second-order valence-corrected chi connectivity index (χ2v) is 10.5. The molecular weight excluding hydrogens is 473 g/mol. The number of carbonyl (C=O) groups excluding carboxylic acids is 2. The van der Waals surface area contributed by atoms with E-state index < -0.39 is 30.5 Å². The Labute approximate surface area is 213 Å². The maximum Gasteiger partial charge on any atom is 0.514 e. The largest absolute Gasteiger partial charge is 0.514 e. The highest BCUT2D eigenvalue weighted by atomic mass is 35.5. The first-order chi connectivity index (χ1) is 16.4. The summed E-state index contributed by atoms with van der Waals surface area (Å²) in [6, 6.07) is 2.74. The van der Waals surface area contributed by atoms with Gasteiger partial charge in [-0.1, -0.05) is 24.9 Å². The van der Waals surface area contributed by atoms with Crippen LogP contribution >= 0.6 is 11.6 Å². The third kappa shape index (κ3) is 6.10. The van der Waals surface area contributed by atoms with E-state index in [9.17, 15) is 9.59 Å². The highest BCUT2D eigenvalue weighted by molar-refractivity contribution is 6.61. The number of nitrogens with zero attached hydrogens (tertiary/aromatic N) is 3. The van der Waals surface area contributed by atoms with Crippen molar-refractivity contribution in [1.29, 1.82) is 0 Å². The number of methoxy groups -OCH3 is 1. The van der Waals surface area contributed by atoms with Crippen LogP contribution in [0.3, 0.4) is 0 Å². The van der Waals surface area contributed by atoms with E-state index in [0.717, 1.165) is 18.4 Å². The van der Waals surface area contributed by atoms with Gasteiger partial charge in [-0.3, -0.25) is 4.79 Å². The van der Waals surface area contributed by atoms with Gasteiger partial charge in [-0.2, -0.15) is 0 Å². The predicted molar refractivity (Wildman–Crippen MR) is 134 cm³/mol. The third-order valence-electron chi connectivity index (χ3n) is 6.97. The molecule has 2 aliphatic rings. The van der Waals surface area contributed by atoms with E-state index in [0.29, 0.717) is 18.7 Å². The summed E-state index contributed by atoms with van der Waals surface area (Å²) < 4.78 is 23.2. The topological polar surface area (TPSA) is 90.4 Å². The van der Waals surface area contributed by atoms with Gasteiger partial charge in [0.2, 0.25) is 5.91 Å². The summed E-state index contributed by atoms with van der Waals surface area (Å²) in [5, 5.41) is 0.252. The third-order valence-corrected chi connectivity index (χ3v) is 7.17. The Kier molecular flexibility index (Phi) is 8.73. The maximum atomic E-state index is 12.8. The van der Waals surface area contributed by atoms with Gasteiger partial charge in [0.1, 0.15) is 5.15 Å². The van der Waals surface area contributed by atoms with E-state index >= 15 is 0 Å². The molecule has 3 heterocycles. The lowest BCUT2D eigenvalue weighted by Crippen LogP contribution is -2.59. The van der Waals surface area contributed by atoms with Crippen LogP contribution in [0.1, 0.15) is 66.0 Å². The van der Waals surface area contributed by atoms with Crippen LogP contribution in [-0.4, -0.2) is 84.6 Å². The van der Waals surface area contributed by atoms with Crippen LogP contribution in [0.15, 0.2) is 12.1 Å². The van der Waals surface area contributed by atoms with Gasteiger partial charge in [0.15, 0.2) is 0 Å². The molecule has 35 heavy (non-hydrogen) atoms. The van der Waals surface area contributed by atoms with Crippen molar-refractivity contribution in [1.82, 2.24) is 14.8 Å². The number of aromatic nitrogens is 1. The van der Waals surface area contributed by atoms with E-state index in [2.05, 4.69) is 4.98 Å². The zero-order valence-electron chi connectivity index (χ0n) is 21.8. The summed E-state index contributed by atoms with van der Waals surface area (Å²) in [7, 11) is 0.864. The zero-order valence-corrected chi connectivity index (χ0v) is 22.6. The summed E-state index contributed by atoms with van der Waals surface area (Å²) in [5.74, 6) is -0.124. The van der Waals surface area contributed by atoms with E-state index in [1.165, 1.54) is 6.92 Å². The lowest BCUT2D eigenvalue weighted by atomic mass is 9.82. The fourth-order valence-electron chi connectivity index (χ4n) is 4.40. The van der Waals surface area contributed by atoms with Crippen LogP contribution in [0.25, 0.3) is 0 Å². The molecule has 0 radical (unpaired) electrons. The summed E-state index contributed by atoms with van der Waals surface area (Å²) in [5.41, 5.74) is 0.166. The Balaban J connectivity index is 1.96. The molecule has 11 heteroatoms. The molecule has 0 aromatic carbocycles. The first-order valence-electron chi connectivity index (χ1n) is 12.1. The lowest BCUT2D eigenvalue weighted by Gasteiger charge is -2.46. The average molecular weight is 510 g/mol. The number of carbonyl (C=O) groups is 2. The van der Waals surface area contributed by atoms with Crippen molar-refractivity contribution >= 4 is 36.3 Å². The van der Waals surface area contributed by atoms with Crippen molar-refractivity contribution in [3.05, 3.63) is 22.8 Å². The summed E-state index contributed by atoms with van der Waals surface area (Å²) in [6.45, 7) is 12.6. The molecule has 0 N–H and O–H groups in total. The Bertz CT molecular complexity index is 915. The highest BCUT2D eigenvalue weighted by Crippen LogP contribution is 2.37. The molecule has 1 aromatic rings. The maximum absolute atomic E-state index is 12.8. The average Bonchev–Trinajstić information content (AvgIpc) is 2.99. The summed E-state index contributed by atoms with van der Waals surface area (Å²) in [4.78, 5) is 33.5. The number of unbranched alkanes of at least 4 members (excludes halogenated alkanes) is 1. The molecule has 2 aliphatic heterocycles. The summed E-state index contributed by atoms with van der Waals surface area (Å²) >= 11 is 6.44.